The first-order valence-electron chi connectivity index (χ1n) is 11.9. The van der Waals surface area contributed by atoms with E-state index in [1.165, 1.54) is 0 Å². The Balaban J connectivity index is 2.12. The van der Waals surface area contributed by atoms with E-state index in [-0.39, 0.29) is 24.7 Å². The molecular weight excluding hydrogens is 424 g/mol. The molecule has 0 saturated carbocycles. The molecule has 0 aliphatic carbocycles. The number of hydrogen-bond acceptors (Lipinski definition) is 4. The van der Waals surface area contributed by atoms with Crippen molar-refractivity contribution >= 4 is 18.0 Å². The Labute approximate surface area is 203 Å². The summed E-state index contributed by atoms with van der Waals surface area (Å²) in [6, 6.07) is 20.3. The van der Waals surface area contributed by atoms with Gasteiger partial charge in [-0.1, -0.05) is 99.7 Å². The summed E-state index contributed by atoms with van der Waals surface area (Å²) in [5.74, 6) is -2.29. The lowest BCUT2D eigenvalue weighted by molar-refractivity contribution is -0.253. The Bertz CT molecular complexity index is 1020. The Morgan fingerprint density at radius 1 is 0.941 bits per heavy atom. The Hall–Kier alpha value is -3.14. The molecule has 0 aromatic heterocycles. The molecule has 2 aromatic carbocycles. The van der Waals surface area contributed by atoms with Gasteiger partial charge < -0.3 is 9.47 Å². The van der Waals surface area contributed by atoms with Crippen molar-refractivity contribution in [1.29, 1.82) is 0 Å². The van der Waals surface area contributed by atoms with Gasteiger partial charge in [-0.15, -0.1) is 6.58 Å². The fourth-order valence-electron chi connectivity index (χ4n) is 4.84. The lowest BCUT2D eigenvalue weighted by atomic mass is 9.58. The van der Waals surface area contributed by atoms with Crippen LogP contribution >= 0.6 is 0 Å². The number of hydrogen-bond donors (Lipinski definition) is 0. The third-order valence-electron chi connectivity index (χ3n) is 7.10. The largest absolute Gasteiger partial charge is 0.422 e. The number of carbonyl (C=O) groups is 2. The van der Waals surface area contributed by atoms with Crippen LogP contribution in [0.25, 0.3) is 6.08 Å². The highest BCUT2D eigenvalue weighted by Gasteiger charge is 2.59. The Morgan fingerprint density at radius 2 is 1.47 bits per heavy atom. The van der Waals surface area contributed by atoms with Crippen molar-refractivity contribution < 1.29 is 19.1 Å². The lowest BCUT2D eigenvalue weighted by Crippen LogP contribution is -2.56. The van der Waals surface area contributed by atoms with Gasteiger partial charge in [0.25, 0.3) is 5.79 Å². The molecule has 4 nitrogen and oxygen atoms in total. The molecule has 180 valence electrons. The molecule has 0 unspecified atom stereocenters. The molecule has 1 fully saturated rings. The lowest BCUT2D eigenvalue weighted by Gasteiger charge is -2.48. The quantitative estimate of drug-likeness (QED) is 0.231. The molecule has 0 amide bonds. The van der Waals surface area contributed by atoms with Gasteiger partial charge in [0.1, 0.15) is 0 Å². The highest BCUT2D eigenvalue weighted by Crippen LogP contribution is 2.53. The molecule has 0 bridgehead atoms. The number of rotatable bonds is 9. The van der Waals surface area contributed by atoms with Crippen molar-refractivity contribution in [2.75, 3.05) is 0 Å². The number of ether oxygens (including phenoxy) is 2. The van der Waals surface area contributed by atoms with Crippen LogP contribution in [-0.2, 0) is 19.1 Å². The molecule has 0 radical (unpaired) electrons. The summed E-state index contributed by atoms with van der Waals surface area (Å²) in [5.41, 5.74) is 0.296. The average molecular weight is 461 g/mol. The normalized spacial score (nSPS) is 19.8. The van der Waals surface area contributed by atoms with Crippen LogP contribution in [0.1, 0.15) is 64.5 Å². The van der Waals surface area contributed by atoms with Gasteiger partial charge in [0.2, 0.25) is 0 Å². The second-order valence-corrected chi connectivity index (χ2v) is 10.2. The number of benzene rings is 2. The number of allylic oxidation sites excluding steroid dienone is 2. The maximum absolute atomic E-state index is 13.4. The van der Waals surface area contributed by atoms with Gasteiger partial charge in [-0.05, 0) is 35.3 Å². The molecule has 1 heterocycles. The van der Waals surface area contributed by atoms with Gasteiger partial charge in [-0.2, -0.15) is 0 Å². The van der Waals surface area contributed by atoms with Crippen LogP contribution in [0.4, 0.5) is 0 Å². The molecule has 1 aliphatic heterocycles. The molecule has 34 heavy (non-hydrogen) atoms. The summed E-state index contributed by atoms with van der Waals surface area (Å²) in [7, 11) is 0. The van der Waals surface area contributed by atoms with Crippen LogP contribution in [0.5, 0.6) is 0 Å². The number of esters is 2. The van der Waals surface area contributed by atoms with E-state index in [0.29, 0.717) is 0 Å². The van der Waals surface area contributed by atoms with Crippen molar-refractivity contribution in [2.24, 2.45) is 16.7 Å². The van der Waals surface area contributed by atoms with E-state index in [4.69, 9.17) is 9.47 Å². The second-order valence-electron chi connectivity index (χ2n) is 10.2. The van der Waals surface area contributed by atoms with Crippen LogP contribution < -0.4 is 0 Å². The molecular formula is C30H36O4. The van der Waals surface area contributed by atoms with E-state index in [0.717, 1.165) is 11.1 Å². The second kappa shape index (κ2) is 10.0. The van der Waals surface area contributed by atoms with Gasteiger partial charge in [-0.3, -0.25) is 9.59 Å². The first-order chi connectivity index (χ1) is 16.0. The molecule has 4 heteroatoms. The van der Waals surface area contributed by atoms with Crippen LogP contribution in [0.15, 0.2) is 79.4 Å². The zero-order valence-electron chi connectivity index (χ0n) is 20.9. The first kappa shape index (κ1) is 25.5. The number of cyclic esters (lactones) is 2. The van der Waals surface area contributed by atoms with Crippen molar-refractivity contribution in [2.45, 2.75) is 59.2 Å². The van der Waals surface area contributed by atoms with Crippen LogP contribution in [0.3, 0.4) is 0 Å². The monoisotopic (exact) mass is 460 g/mol. The van der Waals surface area contributed by atoms with Gasteiger partial charge in [-0.25, -0.2) is 0 Å². The van der Waals surface area contributed by atoms with E-state index >= 15 is 0 Å². The van der Waals surface area contributed by atoms with Crippen molar-refractivity contribution in [1.82, 2.24) is 0 Å². The van der Waals surface area contributed by atoms with Crippen molar-refractivity contribution in [3.8, 4) is 0 Å². The minimum Gasteiger partial charge on any atom is -0.422 e. The predicted octanol–water partition coefficient (Wildman–Crippen LogP) is 6.93. The third-order valence-corrected chi connectivity index (χ3v) is 7.10. The standard InChI is InChI=1S/C30H36O4/c1-7-20-30(26(31)33-28(4,5)34-27(30)32)21-29(6,22(2)3)25(24-16-12-9-13-17-24)19-18-23-14-10-8-11-15-23/h7-19,22,25H,1,20-21H2,2-6H3/b19-18+/t25-,29+/m0/s1. The van der Waals surface area contributed by atoms with Crippen LogP contribution in [-0.4, -0.2) is 17.7 Å². The highest BCUT2D eigenvalue weighted by atomic mass is 16.7. The smallest absolute Gasteiger partial charge is 0.327 e. The van der Waals surface area contributed by atoms with Crippen LogP contribution in [0, 0.1) is 16.7 Å². The van der Waals surface area contributed by atoms with E-state index < -0.39 is 28.6 Å². The van der Waals surface area contributed by atoms with Crippen LogP contribution in [0.2, 0.25) is 0 Å². The molecule has 1 aliphatic rings. The summed E-state index contributed by atoms with van der Waals surface area (Å²) in [6.07, 6.45) is 6.34. The fraction of sp³-hybridized carbons (Fsp3) is 0.400. The van der Waals surface area contributed by atoms with E-state index in [1.54, 1.807) is 19.9 Å². The van der Waals surface area contributed by atoms with Crippen molar-refractivity contribution in [3.05, 3.63) is 90.5 Å². The minimum atomic E-state index is -1.44. The number of carbonyl (C=O) groups excluding carboxylic acids is 2. The molecule has 2 atom stereocenters. The summed E-state index contributed by atoms with van der Waals surface area (Å²) >= 11 is 0. The SMILES string of the molecule is C=CCC1(C[C@](C)(C(C)C)[C@@H](/C=C/c2ccccc2)c2ccccc2)C(=O)OC(C)(C)OC1=O. The van der Waals surface area contributed by atoms with Gasteiger partial charge in [0, 0.05) is 19.8 Å². The molecule has 3 rings (SSSR count). The van der Waals surface area contributed by atoms with Gasteiger partial charge in [0.15, 0.2) is 5.41 Å². The topological polar surface area (TPSA) is 52.6 Å². The first-order valence-corrected chi connectivity index (χ1v) is 11.9. The Kier molecular flexibility index (Phi) is 7.50. The third kappa shape index (κ3) is 5.16. The van der Waals surface area contributed by atoms with Gasteiger partial charge in [0.05, 0.1) is 0 Å². The zero-order chi connectivity index (χ0) is 25.0. The maximum atomic E-state index is 13.4. The Morgan fingerprint density at radius 3 is 1.97 bits per heavy atom. The summed E-state index contributed by atoms with van der Waals surface area (Å²) in [5, 5.41) is 0. The predicted molar refractivity (Wildman–Crippen MR) is 136 cm³/mol. The van der Waals surface area contributed by atoms with E-state index in [2.05, 4.69) is 63.8 Å². The minimum absolute atomic E-state index is 0.0638. The highest BCUT2D eigenvalue weighted by molar-refractivity contribution is 6.02. The van der Waals surface area contributed by atoms with Gasteiger partial charge >= 0.3 is 11.9 Å². The maximum Gasteiger partial charge on any atom is 0.327 e. The molecule has 0 N–H and O–H groups in total. The van der Waals surface area contributed by atoms with E-state index in [1.807, 2.05) is 36.4 Å². The van der Waals surface area contributed by atoms with Crippen molar-refractivity contribution in [3.63, 3.8) is 0 Å². The van der Waals surface area contributed by atoms with E-state index in [9.17, 15) is 9.59 Å². The molecule has 2 aromatic rings. The zero-order valence-corrected chi connectivity index (χ0v) is 20.9. The molecule has 0 spiro atoms. The summed E-state index contributed by atoms with van der Waals surface area (Å²) in [4.78, 5) is 26.8. The molecule has 1 saturated heterocycles. The average Bonchev–Trinajstić information content (AvgIpc) is 2.78. The summed E-state index contributed by atoms with van der Waals surface area (Å²) < 4.78 is 11.2. The fourth-order valence-corrected chi connectivity index (χ4v) is 4.84. The summed E-state index contributed by atoms with van der Waals surface area (Å²) in [6.45, 7) is 13.4.